The van der Waals surface area contributed by atoms with Crippen LogP contribution in [-0.4, -0.2) is 18.0 Å². The molecular weight excluding hydrogens is 200 g/mol. The molecule has 0 bridgehead atoms. The van der Waals surface area contributed by atoms with Gasteiger partial charge in [-0.1, -0.05) is 17.7 Å². The first-order valence-electron chi connectivity index (χ1n) is 4.47. The van der Waals surface area contributed by atoms with Gasteiger partial charge in [-0.05, 0) is 26.0 Å². The first-order valence-corrected chi connectivity index (χ1v) is 4.91. The molecule has 0 amide bonds. The van der Waals surface area contributed by atoms with Gasteiger partial charge in [-0.3, -0.25) is 0 Å². The largest absolute Gasteiger partial charge is 0.461 e. The molecule has 0 aliphatic carbocycles. The number of halogens is 1. The molecule has 1 unspecified atom stereocenters. The SMILES string of the molecule is Cc1cccc(C(=O)OCC(C)Cl)c1. The summed E-state index contributed by atoms with van der Waals surface area (Å²) in [7, 11) is 0. The number of hydrogen-bond acceptors (Lipinski definition) is 2. The molecule has 1 atom stereocenters. The van der Waals surface area contributed by atoms with E-state index in [4.69, 9.17) is 16.3 Å². The number of rotatable bonds is 3. The monoisotopic (exact) mass is 212 g/mol. The van der Waals surface area contributed by atoms with E-state index in [1.807, 2.05) is 19.1 Å². The Morgan fingerprint density at radius 3 is 2.86 bits per heavy atom. The second kappa shape index (κ2) is 5.01. The summed E-state index contributed by atoms with van der Waals surface area (Å²) in [5.74, 6) is -0.318. The lowest BCUT2D eigenvalue weighted by molar-refractivity contribution is 0.0508. The molecule has 0 fully saturated rings. The molecule has 1 aromatic rings. The predicted molar refractivity (Wildman–Crippen MR) is 56.8 cm³/mol. The van der Waals surface area contributed by atoms with E-state index in [0.29, 0.717) is 5.56 Å². The summed E-state index contributed by atoms with van der Waals surface area (Å²) in [4.78, 5) is 11.4. The van der Waals surface area contributed by atoms with Gasteiger partial charge < -0.3 is 4.74 Å². The van der Waals surface area contributed by atoms with Gasteiger partial charge >= 0.3 is 5.97 Å². The standard InChI is InChI=1S/C11H13ClO2/c1-8-4-3-5-10(6-8)11(13)14-7-9(2)12/h3-6,9H,7H2,1-2H3. The van der Waals surface area contributed by atoms with Crippen LogP contribution in [0.25, 0.3) is 0 Å². The summed E-state index contributed by atoms with van der Waals surface area (Å²) in [6.07, 6.45) is 0. The Balaban J connectivity index is 2.61. The van der Waals surface area contributed by atoms with Crippen LogP contribution in [0, 0.1) is 6.92 Å². The first-order chi connectivity index (χ1) is 6.59. The zero-order valence-corrected chi connectivity index (χ0v) is 9.04. The Morgan fingerprint density at radius 1 is 1.57 bits per heavy atom. The van der Waals surface area contributed by atoms with Crippen molar-refractivity contribution in [3.05, 3.63) is 35.4 Å². The van der Waals surface area contributed by atoms with E-state index in [1.54, 1.807) is 19.1 Å². The van der Waals surface area contributed by atoms with Crippen molar-refractivity contribution in [2.45, 2.75) is 19.2 Å². The highest BCUT2D eigenvalue weighted by molar-refractivity contribution is 6.20. The maximum absolute atomic E-state index is 11.4. The minimum atomic E-state index is -0.318. The van der Waals surface area contributed by atoms with E-state index in [1.165, 1.54) is 0 Å². The summed E-state index contributed by atoms with van der Waals surface area (Å²) in [5, 5.41) is -0.149. The Labute approximate surface area is 88.8 Å². The zero-order valence-electron chi connectivity index (χ0n) is 8.29. The maximum Gasteiger partial charge on any atom is 0.338 e. The Morgan fingerprint density at radius 2 is 2.29 bits per heavy atom. The molecule has 1 aromatic carbocycles. The van der Waals surface area contributed by atoms with Crippen molar-refractivity contribution in [2.24, 2.45) is 0 Å². The van der Waals surface area contributed by atoms with Crippen molar-refractivity contribution < 1.29 is 9.53 Å². The molecule has 0 N–H and O–H groups in total. The fourth-order valence-electron chi connectivity index (χ4n) is 1.05. The van der Waals surface area contributed by atoms with Gasteiger partial charge in [0.25, 0.3) is 0 Å². The van der Waals surface area contributed by atoms with Crippen LogP contribution in [0.3, 0.4) is 0 Å². The van der Waals surface area contributed by atoms with Gasteiger partial charge in [0.05, 0.1) is 10.9 Å². The van der Waals surface area contributed by atoms with Gasteiger partial charge in [-0.2, -0.15) is 0 Å². The van der Waals surface area contributed by atoms with Crippen LogP contribution in [0.4, 0.5) is 0 Å². The molecule has 0 saturated carbocycles. The van der Waals surface area contributed by atoms with Crippen molar-refractivity contribution in [3.63, 3.8) is 0 Å². The van der Waals surface area contributed by atoms with Gasteiger partial charge in [0, 0.05) is 0 Å². The third kappa shape index (κ3) is 3.38. The maximum atomic E-state index is 11.4. The van der Waals surface area contributed by atoms with Gasteiger partial charge in [-0.15, -0.1) is 11.6 Å². The van der Waals surface area contributed by atoms with Crippen molar-refractivity contribution >= 4 is 17.6 Å². The second-order valence-corrected chi connectivity index (χ2v) is 3.99. The zero-order chi connectivity index (χ0) is 10.6. The fourth-order valence-corrected chi connectivity index (χ4v) is 1.11. The molecule has 0 aliphatic rings. The number of esters is 1. The normalized spacial score (nSPS) is 12.2. The van der Waals surface area contributed by atoms with E-state index in [2.05, 4.69) is 0 Å². The Bertz CT molecular complexity index is 321. The molecule has 0 heterocycles. The molecule has 0 aliphatic heterocycles. The highest BCUT2D eigenvalue weighted by Gasteiger charge is 2.07. The van der Waals surface area contributed by atoms with E-state index < -0.39 is 0 Å². The molecule has 14 heavy (non-hydrogen) atoms. The van der Waals surface area contributed by atoms with E-state index in [0.717, 1.165) is 5.56 Å². The van der Waals surface area contributed by atoms with Crippen molar-refractivity contribution in [1.82, 2.24) is 0 Å². The predicted octanol–water partition coefficient (Wildman–Crippen LogP) is 2.78. The van der Waals surface area contributed by atoms with E-state index in [-0.39, 0.29) is 18.0 Å². The van der Waals surface area contributed by atoms with Gasteiger partial charge in [0.2, 0.25) is 0 Å². The van der Waals surface area contributed by atoms with Crippen LogP contribution in [0.5, 0.6) is 0 Å². The molecule has 76 valence electrons. The summed E-state index contributed by atoms with van der Waals surface area (Å²) in [6, 6.07) is 7.28. The third-order valence-electron chi connectivity index (χ3n) is 1.70. The average molecular weight is 213 g/mol. The third-order valence-corrected chi connectivity index (χ3v) is 1.82. The lowest BCUT2D eigenvalue weighted by Crippen LogP contribution is -2.11. The summed E-state index contributed by atoms with van der Waals surface area (Å²) in [5.41, 5.74) is 1.61. The smallest absolute Gasteiger partial charge is 0.338 e. The molecule has 0 radical (unpaired) electrons. The number of alkyl halides is 1. The summed E-state index contributed by atoms with van der Waals surface area (Å²) >= 11 is 5.66. The highest BCUT2D eigenvalue weighted by Crippen LogP contribution is 2.06. The molecule has 0 spiro atoms. The second-order valence-electron chi connectivity index (χ2n) is 3.25. The number of hydrogen-bond donors (Lipinski definition) is 0. The molecule has 1 rings (SSSR count). The number of carbonyl (C=O) groups excluding carboxylic acids is 1. The number of benzene rings is 1. The Kier molecular flexibility index (Phi) is 3.96. The molecule has 0 saturated heterocycles. The van der Waals surface area contributed by atoms with Crippen molar-refractivity contribution in [2.75, 3.05) is 6.61 Å². The topological polar surface area (TPSA) is 26.3 Å². The molecule has 2 nitrogen and oxygen atoms in total. The van der Waals surface area contributed by atoms with Crippen molar-refractivity contribution in [3.8, 4) is 0 Å². The number of ether oxygens (including phenoxy) is 1. The minimum Gasteiger partial charge on any atom is -0.461 e. The minimum absolute atomic E-state index is 0.149. The number of aryl methyl sites for hydroxylation is 1. The highest BCUT2D eigenvalue weighted by atomic mass is 35.5. The van der Waals surface area contributed by atoms with Gasteiger partial charge in [0.15, 0.2) is 0 Å². The summed E-state index contributed by atoms with van der Waals surface area (Å²) in [6.45, 7) is 3.96. The lowest BCUT2D eigenvalue weighted by atomic mass is 10.1. The van der Waals surface area contributed by atoms with Gasteiger partial charge in [-0.25, -0.2) is 4.79 Å². The van der Waals surface area contributed by atoms with Crippen LogP contribution in [0.2, 0.25) is 0 Å². The van der Waals surface area contributed by atoms with Crippen LogP contribution in [0.15, 0.2) is 24.3 Å². The van der Waals surface area contributed by atoms with E-state index in [9.17, 15) is 4.79 Å². The van der Waals surface area contributed by atoms with E-state index >= 15 is 0 Å². The molecule has 0 aromatic heterocycles. The first kappa shape index (κ1) is 11.1. The average Bonchev–Trinajstić information content (AvgIpc) is 2.14. The van der Waals surface area contributed by atoms with Crippen LogP contribution >= 0.6 is 11.6 Å². The number of carbonyl (C=O) groups is 1. The van der Waals surface area contributed by atoms with Gasteiger partial charge in [0.1, 0.15) is 6.61 Å². The lowest BCUT2D eigenvalue weighted by Gasteiger charge is -2.06. The summed E-state index contributed by atoms with van der Waals surface area (Å²) < 4.78 is 4.97. The van der Waals surface area contributed by atoms with Crippen LogP contribution in [0.1, 0.15) is 22.8 Å². The molecule has 3 heteroatoms. The van der Waals surface area contributed by atoms with Crippen LogP contribution < -0.4 is 0 Å². The molecular formula is C11H13ClO2. The fraction of sp³-hybridized carbons (Fsp3) is 0.364. The van der Waals surface area contributed by atoms with Crippen LogP contribution in [-0.2, 0) is 4.74 Å². The quantitative estimate of drug-likeness (QED) is 0.569. The van der Waals surface area contributed by atoms with Crippen molar-refractivity contribution in [1.29, 1.82) is 0 Å². The Hall–Kier alpha value is -1.02.